The van der Waals surface area contributed by atoms with E-state index in [1.165, 1.54) is 11.8 Å². The number of anilines is 1. The van der Waals surface area contributed by atoms with Gasteiger partial charge in [0.1, 0.15) is 5.75 Å². The van der Waals surface area contributed by atoms with Crippen molar-refractivity contribution in [2.45, 2.75) is 6.54 Å². The lowest BCUT2D eigenvalue weighted by molar-refractivity contribution is 0.0955. The summed E-state index contributed by atoms with van der Waals surface area (Å²) in [4.78, 5) is 17.3. The molecule has 0 spiro atoms. The number of methoxy groups -OCH3 is 3. The number of ether oxygens (including phenoxy) is 3. The van der Waals surface area contributed by atoms with Crippen LogP contribution in [0.1, 0.15) is 21.5 Å². The van der Waals surface area contributed by atoms with Crippen LogP contribution in [0, 0.1) is 0 Å². The summed E-state index contributed by atoms with van der Waals surface area (Å²) in [6.45, 7) is 4.65. The fraction of sp³-hybridized carbons (Fsp3) is 0.286. The highest BCUT2D eigenvalue weighted by Gasteiger charge is 2.19. The molecule has 188 valence electrons. The lowest BCUT2D eigenvalue weighted by Gasteiger charge is -2.36. The minimum Gasteiger partial charge on any atom is -0.495 e. The largest absolute Gasteiger partial charge is 0.495 e. The quantitative estimate of drug-likeness (QED) is 0.365. The Bertz CT molecular complexity index is 1190. The van der Waals surface area contributed by atoms with E-state index in [1.807, 2.05) is 54.6 Å². The molecule has 0 aromatic heterocycles. The van der Waals surface area contributed by atoms with Crippen LogP contribution in [0.3, 0.4) is 0 Å². The van der Waals surface area contributed by atoms with Gasteiger partial charge in [-0.25, -0.2) is 5.43 Å². The highest BCUT2D eigenvalue weighted by Crippen LogP contribution is 2.30. The van der Waals surface area contributed by atoms with Gasteiger partial charge in [0.25, 0.3) is 5.91 Å². The first-order valence-electron chi connectivity index (χ1n) is 11.9. The molecule has 4 rings (SSSR count). The van der Waals surface area contributed by atoms with Crippen LogP contribution in [0.15, 0.2) is 71.8 Å². The first-order valence-corrected chi connectivity index (χ1v) is 11.9. The van der Waals surface area contributed by atoms with Crippen molar-refractivity contribution in [1.82, 2.24) is 10.3 Å². The van der Waals surface area contributed by atoms with Gasteiger partial charge in [-0.05, 0) is 42.0 Å². The summed E-state index contributed by atoms with van der Waals surface area (Å²) >= 11 is 0. The zero-order valence-electron chi connectivity index (χ0n) is 20.9. The number of rotatable bonds is 9. The Kier molecular flexibility index (Phi) is 8.41. The SMILES string of the molecule is COc1ccccc1N1CCN(Cc2ccc(C(=O)N/N=C\c3cccc(OC)c3OC)cc2)CC1. The van der Waals surface area contributed by atoms with E-state index in [-0.39, 0.29) is 5.91 Å². The fourth-order valence-corrected chi connectivity index (χ4v) is 4.30. The molecular weight excluding hydrogens is 456 g/mol. The van der Waals surface area contributed by atoms with Crippen LogP contribution in [-0.4, -0.2) is 64.5 Å². The van der Waals surface area contributed by atoms with Crippen molar-refractivity contribution >= 4 is 17.8 Å². The normalized spacial score (nSPS) is 14.0. The first-order chi connectivity index (χ1) is 17.6. The molecule has 0 radical (unpaired) electrons. The second-order valence-corrected chi connectivity index (χ2v) is 8.41. The van der Waals surface area contributed by atoms with Gasteiger partial charge in [-0.1, -0.05) is 30.3 Å². The average Bonchev–Trinajstić information content (AvgIpc) is 2.93. The molecule has 36 heavy (non-hydrogen) atoms. The monoisotopic (exact) mass is 488 g/mol. The number of carbonyl (C=O) groups is 1. The molecule has 8 nitrogen and oxygen atoms in total. The predicted octanol–water partition coefficient (Wildman–Crippen LogP) is 3.80. The number of benzene rings is 3. The van der Waals surface area contributed by atoms with E-state index in [0.29, 0.717) is 22.6 Å². The van der Waals surface area contributed by atoms with E-state index in [9.17, 15) is 4.79 Å². The van der Waals surface area contributed by atoms with Gasteiger partial charge in [-0.3, -0.25) is 9.69 Å². The fourth-order valence-electron chi connectivity index (χ4n) is 4.30. The molecule has 3 aromatic rings. The van der Waals surface area contributed by atoms with Crippen LogP contribution in [0.2, 0.25) is 0 Å². The topological polar surface area (TPSA) is 75.6 Å². The van der Waals surface area contributed by atoms with E-state index < -0.39 is 0 Å². The molecule has 0 aliphatic carbocycles. The number of hydrogen-bond donors (Lipinski definition) is 1. The van der Waals surface area contributed by atoms with Gasteiger partial charge < -0.3 is 19.1 Å². The Morgan fingerprint density at radius 2 is 1.56 bits per heavy atom. The highest BCUT2D eigenvalue weighted by molar-refractivity contribution is 5.95. The summed E-state index contributed by atoms with van der Waals surface area (Å²) in [6, 6.07) is 21.3. The van der Waals surface area contributed by atoms with E-state index in [4.69, 9.17) is 14.2 Å². The zero-order valence-corrected chi connectivity index (χ0v) is 20.9. The summed E-state index contributed by atoms with van der Waals surface area (Å²) in [5, 5.41) is 4.08. The van der Waals surface area contributed by atoms with Crippen LogP contribution < -0.4 is 24.5 Å². The average molecular weight is 489 g/mol. The molecule has 0 unspecified atom stereocenters. The predicted molar refractivity (Wildman–Crippen MR) is 142 cm³/mol. The van der Waals surface area contributed by atoms with Gasteiger partial charge in [-0.2, -0.15) is 5.10 Å². The van der Waals surface area contributed by atoms with Gasteiger partial charge in [-0.15, -0.1) is 0 Å². The Labute approximate surface area is 212 Å². The Morgan fingerprint density at radius 1 is 0.861 bits per heavy atom. The number of nitrogens with one attached hydrogen (secondary N) is 1. The number of nitrogens with zero attached hydrogens (tertiary/aromatic N) is 3. The number of carbonyl (C=O) groups excluding carboxylic acids is 1. The molecular formula is C28H32N4O4. The smallest absolute Gasteiger partial charge is 0.271 e. The number of piperazine rings is 1. The van der Waals surface area contributed by atoms with E-state index >= 15 is 0 Å². The molecule has 3 aromatic carbocycles. The minimum atomic E-state index is -0.273. The van der Waals surface area contributed by atoms with Crippen molar-refractivity contribution in [3.05, 3.63) is 83.4 Å². The van der Waals surface area contributed by atoms with Crippen LogP contribution in [0.5, 0.6) is 17.2 Å². The summed E-state index contributed by atoms with van der Waals surface area (Å²) in [5.74, 6) is 1.80. The van der Waals surface area contributed by atoms with Crippen LogP contribution in [0.4, 0.5) is 5.69 Å². The minimum absolute atomic E-state index is 0.273. The second-order valence-electron chi connectivity index (χ2n) is 8.41. The third-order valence-corrected chi connectivity index (χ3v) is 6.22. The number of hydrazone groups is 1. The summed E-state index contributed by atoms with van der Waals surface area (Å²) in [7, 11) is 4.85. The molecule has 8 heteroatoms. The van der Waals surface area contributed by atoms with Crippen LogP contribution in [0.25, 0.3) is 0 Å². The number of hydrogen-bond acceptors (Lipinski definition) is 7. The zero-order chi connectivity index (χ0) is 25.3. The van der Waals surface area contributed by atoms with Gasteiger partial charge >= 0.3 is 0 Å². The number of amides is 1. The van der Waals surface area contributed by atoms with E-state index in [0.717, 1.165) is 44.2 Å². The lowest BCUT2D eigenvalue weighted by atomic mass is 10.1. The van der Waals surface area contributed by atoms with Gasteiger partial charge in [0.15, 0.2) is 11.5 Å². The summed E-state index contributed by atoms with van der Waals surface area (Å²) < 4.78 is 16.2. The lowest BCUT2D eigenvalue weighted by Crippen LogP contribution is -2.46. The van der Waals surface area contributed by atoms with E-state index in [2.05, 4.69) is 26.4 Å². The van der Waals surface area contributed by atoms with Crippen molar-refractivity contribution in [1.29, 1.82) is 0 Å². The van der Waals surface area contributed by atoms with Crippen LogP contribution >= 0.6 is 0 Å². The first kappa shape index (κ1) is 25.1. The molecule has 1 aliphatic rings. The Hall–Kier alpha value is -4.04. The maximum atomic E-state index is 12.5. The van der Waals surface area contributed by atoms with Crippen molar-refractivity contribution in [3.63, 3.8) is 0 Å². The molecule has 1 heterocycles. The standard InChI is InChI=1S/C28H32N4O4/c1-34-25-9-5-4-8-24(25)32-17-15-31(16-18-32)20-21-11-13-22(14-12-21)28(33)30-29-19-23-7-6-10-26(35-2)27(23)36-3/h4-14,19H,15-18,20H2,1-3H3,(H,30,33)/b29-19-. The summed E-state index contributed by atoms with van der Waals surface area (Å²) in [5.41, 5.74) is 6.14. The highest BCUT2D eigenvalue weighted by atomic mass is 16.5. The molecule has 0 bridgehead atoms. The van der Waals surface area contributed by atoms with Crippen molar-refractivity contribution in [2.24, 2.45) is 5.10 Å². The maximum Gasteiger partial charge on any atom is 0.271 e. The van der Waals surface area contributed by atoms with Crippen molar-refractivity contribution in [3.8, 4) is 17.2 Å². The molecule has 1 saturated heterocycles. The third kappa shape index (κ3) is 5.95. The van der Waals surface area contributed by atoms with Crippen molar-refractivity contribution in [2.75, 3.05) is 52.4 Å². The van der Waals surface area contributed by atoms with Gasteiger partial charge in [0.2, 0.25) is 0 Å². The molecule has 1 N–H and O–H groups in total. The third-order valence-electron chi connectivity index (χ3n) is 6.22. The molecule has 1 aliphatic heterocycles. The molecule has 1 amide bonds. The van der Waals surface area contributed by atoms with Gasteiger partial charge in [0, 0.05) is 43.9 Å². The van der Waals surface area contributed by atoms with Gasteiger partial charge in [0.05, 0.1) is 33.2 Å². The molecule has 1 fully saturated rings. The Morgan fingerprint density at radius 3 is 2.25 bits per heavy atom. The molecule has 0 atom stereocenters. The second kappa shape index (κ2) is 12.1. The van der Waals surface area contributed by atoms with Crippen LogP contribution in [-0.2, 0) is 6.54 Å². The molecule has 0 saturated carbocycles. The Balaban J connectivity index is 1.29. The maximum absolute atomic E-state index is 12.5. The summed E-state index contributed by atoms with van der Waals surface area (Å²) in [6.07, 6.45) is 1.54. The number of para-hydroxylation sites is 3. The van der Waals surface area contributed by atoms with E-state index in [1.54, 1.807) is 27.4 Å². The van der Waals surface area contributed by atoms with Crippen molar-refractivity contribution < 1.29 is 19.0 Å².